The minimum Gasteiger partial charge on any atom is -0.360 e. The van der Waals surface area contributed by atoms with Gasteiger partial charge in [0.05, 0.1) is 0 Å². The zero-order valence-electron chi connectivity index (χ0n) is 13.3. The smallest absolute Gasteiger partial charge is 0.229 e. The van der Waals surface area contributed by atoms with E-state index >= 15 is 0 Å². The second kappa shape index (κ2) is 7.07. The van der Waals surface area contributed by atoms with Crippen LogP contribution in [0.2, 0.25) is 0 Å². The summed E-state index contributed by atoms with van der Waals surface area (Å²) in [6.45, 7) is 7.39. The van der Waals surface area contributed by atoms with E-state index in [2.05, 4.69) is 66.2 Å². The molecule has 0 spiro atoms. The van der Waals surface area contributed by atoms with Crippen LogP contribution in [0.15, 0.2) is 30.5 Å². The predicted octanol–water partition coefficient (Wildman–Crippen LogP) is 4.07. The van der Waals surface area contributed by atoms with Crippen LogP contribution in [0.5, 0.6) is 0 Å². The summed E-state index contributed by atoms with van der Waals surface area (Å²) in [5.74, 6) is 1.59. The minimum absolute atomic E-state index is 0.641. The van der Waals surface area contributed by atoms with Crippen molar-refractivity contribution in [2.75, 3.05) is 23.8 Å². The van der Waals surface area contributed by atoms with Crippen LogP contribution in [0.25, 0.3) is 0 Å². The maximum absolute atomic E-state index is 4.59. The van der Waals surface area contributed by atoms with Gasteiger partial charge in [-0.05, 0) is 38.0 Å². The molecule has 2 rings (SSSR count). The molecule has 0 fully saturated rings. The van der Waals surface area contributed by atoms with E-state index in [9.17, 15) is 0 Å². The van der Waals surface area contributed by atoms with E-state index in [1.54, 1.807) is 6.20 Å². The Morgan fingerprint density at radius 3 is 2.71 bits per heavy atom. The second-order valence-corrected chi connectivity index (χ2v) is 5.46. The van der Waals surface area contributed by atoms with Crippen molar-refractivity contribution < 1.29 is 0 Å². The number of hydrogen-bond acceptors (Lipinski definition) is 4. The lowest BCUT2D eigenvalue weighted by molar-refractivity contribution is 0.759. The van der Waals surface area contributed by atoms with Gasteiger partial charge in [-0.3, -0.25) is 0 Å². The number of unbranched alkanes of at least 4 members (excludes halogenated alkanes) is 1. The molecule has 0 amide bonds. The molecule has 0 radical (unpaired) electrons. The molecule has 0 aliphatic rings. The van der Waals surface area contributed by atoms with Gasteiger partial charge in [0.1, 0.15) is 5.82 Å². The van der Waals surface area contributed by atoms with Gasteiger partial charge in [0.25, 0.3) is 0 Å². The fourth-order valence-electron chi connectivity index (χ4n) is 2.21. The summed E-state index contributed by atoms with van der Waals surface area (Å²) in [5.41, 5.74) is 3.50. The number of rotatable bonds is 6. The van der Waals surface area contributed by atoms with Crippen LogP contribution in [0.3, 0.4) is 0 Å². The zero-order valence-corrected chi connectivity index (χ0v) is 13.3. The summed E-state index contributed by atoms with van der Waals surface area (Å²) < 4.78 is 0. The third kappa shape index (κ3) is 4.18. The number of nitrogens with zero attached hydrogens (tertiary/aromatic N) is 3. The SMILES string of the molecule is CCCCN(C)c1ccnc(Nc2ccc(C)cc2C)n1. The van der Waals surface area contributed by atoms with Gasteiger partial charge in [-0.1, -0.05) is 31.0 Å². The number of anilines is 3. The molecular weight excluding hydrogens is 260 g/mol. The van der Waals surface area contributed by atoms with Crippen LogP contribution in [0.4, 0.5) is 17.5 Å². The molecule has 2 aromatic rings. The van der Waals surface area contributed by atoms with Crippen LogP contribution < -0.4 is 10.2 Å². The van der Waals surface area contributed by atoms with E-state index in [1.807, 2.05) is 6.07 Å². The quantitative estimate of drug-likeness (QED) is 0.868. The molecular formula is C17H24N4. The van der Waals surface area contributed by atoms with E-state index < -0.39 is 0 Å². The first-order valence-corrected chi connectivity index (χ1v) is 7.48. The van der Waals surface area contributed by atoms with Gasteiger partial charge in [-0.2, -0.15) is 4.98 Å². The van der Waals surface area contributed by atoms with E-state index in [-0.39, 0.29) is 0 Å². The Balaban J connectivity index is 2.13. The monoisotopic (exact) mass is 284 g/mol. The van der Waals surface area contributed by atoms with Crippen LogP contribution >= 0.6 is 0 Å². The molecule has 0 aliphatic heterocycles. The molecule has 0 saturated carbocycles. The lowest BCUT2D eigenvalue weighted by Crippen LogP contribution is -2.20. The van der Waals surface area contributed by atoms with Crippen molar-refractivity contribution in [1.82, 2.24) is 9.97 Å². The number of aromatic nitrogens is 2. The van der Waals surface area contributed by atoms with Crippen molar-refractivity contribution >= 4 is 17.5 Å². The summed E-state index contributed by atoms with van der Waals surface area (Å²) in [5, 5.41) is 3.30. The Morgan fingerprint density at radius 1 is 1.19 bits per heavy atom. The molecule has 0 saturated heterocycles. The second-order valence-electron chi connectivity index (χ2n) is 5.46. The first-order chi connectivity index (χ1) is 10.1. The Hall–Kier alpha value is -2.10. The van der Waals surface area contributed by atoms with Crippen LogP contribution in [-0.4, -0.2) is 23.6 Å². The fraction of sp³-hybridized carbons (Fsp3) is 0.412. The lowest BCUT2D eigenvalue weighted by atomic mass is 10.1. The third-order valence-corrected chi connectivity index (χ3v) is 3.51. The molecule has 0 bridgehead atoms. The molecule has 0 atom stereocenters. The third-order valence-electron chi connectivity index (χ3n) is 3.51. The normalized spacial score (nSPS) is 10.5. The first-order valence-electron chi connectivity index (χ1n) is 7.48. The van der Waals surface area contributed by atoms with Crippen LogP contribution in [0, 0.1) is 13.8 Å². The van der Waals surface area contributed by atoms with Gasteiger partial charge in [0.15, 0.2) is 0 Å². The standard InChI is InChI=1S/C17H24N4/c1-5-6-11-21(4)16-9-10-18-17(20-16)19-15-8-7-13(2)12-14(15)3/h7-10,12H,5-6,11H2,1-4H3,(H,18,19,20). The maximum Gasteiger partial charge on any atom is 0.229 e. The number of benzene rings is 1. The molecule has 112 valence electrons. The maximum atomic E-state index is 4.59. The van der Waals surface area contributed by atoms with E-state index in [4.69, 9.17) is 0 Å². The van der Waals surface area contributed by atoms with Gasteiger partial charge in [-0.25, -0.2) is 4.98 Å². The van der Waals surface area contributed by atoms with Gasteiger partial charge >= 0.3 is 0 Å². The van der Waals surface area contributed by atoms with Crippen molar-refractivity contribution in [1.29, 1.82) is 0 Å². The zero-order chi connectivity index (χ0) is 15.2. The van der Waals surface area contributed by atoms with Crippen molar-refractivity contribution in [3.63, 3.8) is 0 Å². The first kappa shape index (κ1) is 15.3. The summed E-state index contributed by atoms with van der Waals surface area (Å²) in [6.07, 6.45) is 4.15. The molecule has 1 aromatic carbocycles. The highest BCUT2D eigenvalue weighted by Gasteiger charge is 2.05. The van der Waals surface area contributed by atoms with Crippen molar-refractivity contribution in [2.45, 2.75) is 33.6 Å². The van der Waals surface area contributed by atoms with Gasteiger partial charge in [-0.15, -0.1) is 0 Å². The number of aryl methyl sites for hydroxylation is 2. The molecule has 21 heavy (non-hydrogen) atoms. The minimum atomic E-state index is 0.641. The molecule has 4 nitrogen and oxygen atoms in total. The van der Waals surface area contributed by atoms with E-state index in [0.29, 0.717) is 5.95 Å². The molecule has 1 heterocycles. The molecule has 0 aliphatic carbocycles. The highest BCUT2D eigenvalue weighted by molar-refractivity contribution is 5.59. The highest BCUT2D eigenvalue weighted by atomic mass is 15.2. The van der Waals surface area contributed by atoms with Crippen molar-refractivity contribution in [3.8, 4) is 0 Å². The van der Waals surface area contributed by atoms with Crippen LogP contribution in [-0.2, 0) is 0 Å². The lowest BCUT2D eigenvalue weighted by Gasteiger charge is -2.18. The average Bonchev–Trinajstić information content (AvgIpc) is 2.48. The Bertz CT molecular complexity index is 595. The van der Waals surface area contributed by atoms with E-state index in [1.165, 1.54) is 24.0 Å². The summed E-state index contributed by atoms with van der Waals surface area (Å²) >= 11 is 0. The van der Waals surface area contributed by atoms with Gasteiger partial charge < -0.3 is 10.2 Å². The molecule has 1 N–H and O–H groups in total. The Kier molecular flexibility index (Phi) is 5.14. The Morgan fingerprint density at radius 2 is 2.00 bits per heavy atom. The van der Waals surface area contributed by atoms with Crippen molar-refractivity contribution in [3.05, 3.63) is 41.6 Å². The molecule has 1 aromatic heterocycles. The number of nitrogens with one attached hydrogen (secondary N) is 1. The molecule has 4 heteroatoms. The number of hydrogen-bond donors (Lipinski definition) is 1. The summed E-state index contributed by atoms with van der Waals surface area (Å²) in [6, 6.07) is 8.26. The largest absolute Gasteiger partial charge is 0.360 e. The van der Waals surface area contributed by atoms with Gasteiger partial charge in [0.2, 0.25) is 5.95 Å². The highest BCUT2D eigenvalue weighted by Crippen LogP contribution is 2.20. The van der Waals surface area contributed by atoms with Crippen molar-refractivity contribution in [2.24, 2.45) is 0 Å². The average molecular weight is 284 g/mol. The summed E-state index contributed by atoms with van der Waals surface area (Å²) in [4.78, 5) is 11.1. The van der Waals surface area contributed by atoms with Gasteiger partial charge in [0, 0.05) is 25.5 Å². The predicted molar refractivity (Wildman–Crippen MR) is 89.4 cm³/mol. The Labute approximate surface area is 127 Å². The summed E-state index contributed by atoms with van der Waals surface area (Å²) in [7, 11) is 2.07. The van der Waals surface area contributed by atoms with Crippen LogP contribution in [0.1, 0.15) is 30.9 Å². The fourth-order valence-corrected chi connectivity index (χ4v) is 2.21. The molecule has 0 unspecified atom stereocenters. The van der Waals surface area contributed by atoms with E-state index in [0.717, 1.165) is 18.1 Å². The topological polar surface area (TPSA) is 41.1 Å².